The Kier molecular flexibility index (Phi) is 50.3. The summed E-state index contributed by atoms with van der Waals surface area (Å²) < 4.78 is 16.8. The summed E-state index contributed by atoms with van der Waals surface area (Å²) in [7, 11) is 0. The molecule has 0 saturated carbocycles. The van der Waals surface area contributed by atoms with E-state index in [1.807, 2.05) is 0 Å². The van der Waals surface area contributed by atoms with E-state index in [9.17, 15) is 14.4 Å². The minimum Gasteiger partial charge on any atom is -0.462 e. The summed E-state index contributed by atoms with van der Waals surface area (Å²) in [5, 5.41) is 0. The lowest BCUT2D eigenvalue weighted by molar-refractivity contribution is -0.167. The van der Waals surface area contributed by atoms with Crippen LogP contribution in [-0.4, -0.2) is 37.2 Å². The lowest BCUT2D eigenvalue weighted by atomic mass is 10.0. The van der Waals surface area contributed by atoms with Gasteiger partial charge in [-0.1, -0.05) is 250 Å². The molecule has 0 aromatic heterocycles. The first kappa shape index (κ1) is 60.6. The van der Waals surface area contributed by atoms with Crippen molar-refractivity contribution in [3.63, 3.8) is 0 Å². The molecule has 0 spiro atoms. The molecule has 0 amide bonds. The zero-order valence-electron chi connectivity index (χ0n) is 42.1. The molecule has 0 heterocycles. The van der Waals surface area contributed by atoms with E-state index >= 15 is 0 Å². The molecule has 0 bridgehead atoms. The molecule has 0 rings (SSSR count). The van der Waals surface area contributed by atoms with Crippen molar-refractivity contribution in [2.24, 2.45) is 0 Å². The van der Waals surface area contributed by atoms with Gasteiger partial charge < -0.3 is 14.2 Å². The van der Waals surface area contributed by atoms with E-state index < -0.39 is 6.10 Å². The van der Waals surface area contributed by atoms with Crippen LogP contribution in [0.4, 0.5) is 0 Å². The standard InChI is InChI=1S/C57H104O6/c1-4-7-10-13-16-19-22-23-24-25-26-27-28-29-30-31-32-33-34-35-36-39-41-44-47-50-56(59)62-53-54(63-57(60)51-48-45-42-38-21-18-15-12-9-6-3)52-61-55(58)49-46-43-40-37-20-17-14-11-8-5-2/h22-23,25-26,28-29,54H,4-21,24,27,30-53H2,1-3H3/b23-22-,26-25-,29-28-. The second-order valence-electron chi connectivity index (χ2n) is 18.5. The monoisotopic (exact) mass is 885 g/mol. The van der Waals surface area contributed by atoms with E-state index in [-0.39, 0.29) is 31.1 Å². The highest BCUT2D eigenvalue weighted by Gasteiger charge is 2.19. The third kappa shape index (κ3) is 50.5. The fourth-order valence-corrected chi connectivity index (χ4v) is 7.98. The van der Waals surface area contributed by atoms with Crippen LogP contribution in [0.25, 0.3) is 0 Å². The van der Waals surface area contributed by atoms with Gasteiger partial charge in [-0.3, -0.25) is 14.4 Å². The van der Waals surface area contributed by atoms with Crippen LogP contribution >= 0.6 is 0 Å². The molecule has 0 aliphatic rings. The van der Waals surface area contributed by atoms with Gasteiger partial charge in [0.2, 0.25) is 0 Å². The average molecular weight is 885 g/mol. The van der Waals surface area contributed by atoms with Crippen molar-refractivity contribution in [2.45, 2.75) is 297 Å². The van der Waals surface area contributed by atoms with Gasteiger partial charge in [0.15, 0.2) is 6.10 Å². The van der Waals surface area contributed by atoms with Gasteiger partial charge in [-0.15, -0.1) is 0 Å². The number of rotatable bonds is 50. The fourth-order valence-electron chi connectivity index (χ4n) is 7.98. The highest BCUT2D eigenvalue weighted by molar-refractivity contribution is 5.71. The average Bonchev–Trinajstić information content (AvgIpc) is 3.28. The van der Waals surface area contributed by atoms with Gasteiger partial charge in [-0.2, -0.15) is 0 Å². The van der Waals surface area contributed by atoms with Crippen LogP contribution in [0.3, 0.4) is 0 Å². The maximum atomic E-state index is 12.7. The number of unbranched alkanes of at least 4 members (excludes halogenated alkanes) is 33. The highest BCUT2D eigenvalue weighted by Crippen LogP contribution is 2.16. The zero-order chi connectivity index (χ0) is 45.8. The molecule has 0 radical (unpaired) electrons. The van der Waals surface area contributed by atoms with Crippen LogP contribution in [0.2, 0.25) is 0 Å². The lowest BCUT2D eigenvalue weighted by Crippen LogP contribution is -2.30. The first-order valence-electron chi connectivity index (χ1n) is 27.5. The number of carbonyl (C=O) groups excluding carboxylic acids is 3. The SMILES string of the molecule is CCCCCCC/C=C\C/C=C\C/C=C\CCCCCCCCCCCCC(=O)OCC(COC(=O)CCCCCCCCCCCC)OC(=O)CCCCCCCCCCCC. The Labute approximate surface area is 391 Å². The Hall–Kier alpha value is -2.37. The van der Waals surface area contributed by atoms with Gasteiger partial charge >= 0.3 is 17.9 Å². The number of carbonyl (C=O) groups is 3. The topological polar surface area (TPSA) is 78.9 Å². The molecule has 1 unspecified atom stereocenters. The number of hydrogen-bond donors (Lipinski definition) is 0. The van der Waals surface area contributed by atoms with Gasteiger partial charge in [0, 0.05) is 19.3 Å². The smallest absolute Gasteiger partial charge is 0.306 e. The maximum absolute atomic E-state index is 12.7. The van der Waals surface area contributed by atoms with E-state index in [4.69, 9.17) is 14.2 Å². The second-order valence-corrected chi connectivity index (χ2v) is 18.5. The summed E-state index contributed by atoms with van der Waals surface area (Å²) in [6.45, 7) is 6.62. The molecule has 63 heavy (non-hydrogen) atoms. The Balaban J connectivity index is 4.15. The minimum atomic E-state index is -0.766. The molecule has 0 aliphatic carbocycles. The van der Waals surface area contributed by atoms with Gasteiger partial charge in [-0.25, -0.2) is 0 Å². The van der Waals surface area contributed by atoms with E-state index in [0.717, 1.165) is 70.6 Å². The van der Waals surface area contributed by atoms with Gasteiger partial charge in [0.1, 0.15) is 13.2 Å². The van der Waals surface area contributed by atoms with Crippen molar-refractivity contribution in [2.75, 3.05) is 13.2 Å². The first-order valence-corrected chi connectivity index (χ1v) is 27.5. The fraction of sp³-hybridized carbons (Fsp3) is 0.842. The summed E-state index contributed by atoms with van der Waals surface area (Å²) in [6, 6.07) is 0. The molecular weight excluding hydrogens is 781 g/mol. The van der Waals surface area contributed by atoms with Crippen LogP contribution in [0, 0.1) is 0 Å². The second kappa shape index (κ2) is 52.3. The summed E-state index contributed by atoms with van der Waals surface area (Å²) in [4.78, 5) is 37.9. The summed E-state index contributed by atoms with van der Waals surface area (Å²) in [6.07, 6.45) is 61.4. The van der Waals surface area contributed by atoms with Crippen molar-refractivity contribution >= 4 is 17.9 Å². The van der Waals surface area contributed by atoms with E-state index in [1.165, 1.54) is 180 Å². The number of hydrogen-bond acceptors (Lipinski definition) is 6. The molecule has 0 fully saturated rings. The van der Waals surface area contributed by atoms with Crippen LogP contribution in [-0.2, 0) is 28.6 Å². The number of ether oxygens (including phenoxy) is 3. The Morgan fingerprint density at radius 1 is 0.317 bits per heavy atom. The number of esters is 3. The molecule has 0 aromatic rings. The van der Waals surface area contributed by atoms with Crippen molar-refractivity contribution in [1.82, 2.24) is 0 Å². The van der Waals surface area contributed by atoms with Crippen molar-refractivity contribution < 1.29 is 28.6 Å². The van der Waals surface area contributed by atoms with Gasteiger partial charge in [0.05, 0.1) is 0 Å². The van der Waals surface area contributed by atoms with Crippen LogP contribution in [0.1, 0.15) is 290 Å². The molecule has 0 saturated heterocycles. The van der Waals surface area contributed by atoms with Gasteiger partial charge in [-0.05, 0) is 57.8 Å². The van der Waals surface area contributed by atoms with Crippen LogP contribution in [0.5, 0.6) is 0 Å². The molecule has 6 nitrogen and oxygen atoms in total. The summed E-state index contributed by atoms with van der Waals surface area (Å²) in [5.74, 6) is -0.865. The van der Waals surface area contributed by atoms with E-state index in [0.29, 0.717) is 19.3 Å². The molecular formula is C57H104O6. The minimum absolute atomic E-state index is 0.0691. The predicted molar refractivity (Wildman–Crippen MR) is 270 cm³/mol. The summed E-state index contributed by atoms with van der Waals surface area (Å²) in [5.41, 5.74) is 0. The van der Waals surface area contributed by atoms with Crippen LogP contribution in [0.15, 0.2) is 36.5 Å². The molecule has 368 valence electrons. The quantitative estimate of drug-likeness (QED) is 0.0262. The molecule has 6 heteroatoms. The first-order chi connectivity index (χ1) is 31.0. The third-order valence-electron chi connectivity index (χ3n) is 12.1. The van der Waals surface area contributed by atoms with Crippen molar-refractivity contribution in [1.29, 1.82) is 0 Å². The Bertz CT molecular complexity index is 1060. The Morgan fingerprint density at radius 2 is 0.571 bits per heavy atom. The van der Waals surface area contributed by atoms with Gasteiger partial charge in [0.25, 0.3) is 0 Å². The van der Waals surface area contributed by atoms with Crippen molar-refractivity contribution in [3.05, 3.63) is 36.5 Å². The normalized spacial score (nSPS) is 12.2. The van der Waals surface area contributed by atoms with Crippen molar-refractivity contribution in [3.8, 4) is 0 Å². The third-order valence-corrected chi connectivity index (χ3v) is 12.1. The lowest BCUT2D eigenvalue weighted by Gasteiger charge is -2.18. The molecule has 1 atom stereocenters. The largest absolute Gasteiger partial charge is 0.462 e. The molecule has 0 aromatic carbocycles. The maximum Gasteiger partial charge on any atom is 0.306 e. The zero-order valence-corrected chi connectivity index (χ0v) is 42.1. The van der Waals surface area contributed by atoms with E-state index in [1.54, 1.807) is 0 Å². The summed E-state index contributed by atoms with van der Waals surface area (Å²) >= 11 is 0. The Morgan fingerprint density at radius 3 is 0.889 bits per heavy atom. The number of allylic oxidation sites excluding steroid dienone is 6. The highest BCUT2D eigenvalue weighted by atomic mass is 16.6. The van der Waals surface area contributed by atoms with E-state index in [2.05, 4.69) is 57.2 Å². The predicted octanol–water partition coefficient (Wildman–Crippen LogP) is 18.1. The molecule has 0 aliphatic heterocycles. The van der Waals surface area contributed by atoms with Crippen LogP contribution < -0.4 is 0 Å². The molecule has 0 N–H and O–H groups in total.